The highest BCUT2D eigenvalue weighted by molar-refractivity contribution is 5.77. The minimum Gasteiger partial charge on any atom is -0.508 e. The maximum Gasteiger partial charge on any atom is 0.223 e. The zero-order valence-corrected chi connectivity index (χ0v) is 13.1. The second-order valence-electron chi connectivity index (χ2n) is 5.70. The number of benzene rings is 1. The number of aromatic nitrogens is 1. The van der Waals surface area contributed by atoms with Gasteiger partial charge in [0, 0.05) is 50.7 Å². The van der Waals surface area contributed by atoms with Gasteiger partial charge in [0.25, 0.3) is 0 Å². The molecule has 0 aliphatic carbocycles. The van der Waals surface area contributed by atoms with Crippen LogP contribution in [-0.2, 0) is 11.2 Å². The fourth-order valence-corrected chi connectivity index (χ4v) is 2.89. The number of carbonyl (C=O) groups is 1. The predicted molar refractivity (Wildman–Crippen MR) is 89.5 cm³/mol. The topological polar surface area (TPSA) is 56.7 Å². The molecule has 0 bridgehead atoms. The number of piperazine rings is 1. The summed E-state index contributed by atoms with van der Waals surface area (Å²) in [4.78, 5) is 20.6. The van der Waals surface area contributed by atoms with Crippen LogP contribution < -0.4 is 4.90 Å². The van der Waals surface area contributed by atoms with Crippen LogP contribution in [0.3, 0.4) is 0 Å². The zero-order chi connectivity index (χ0) is 16.1. The quantitative estimate of drug-likeness (QED) is 0.939. The van der Waals surface area contributed by atoms with Crippen LogP contribution in [0.25, 0.3) is 0 Å². The van der Waals surface area contributed by atoms with Gasteiger partial charge in [-0.3, -0.25) is 9.78 Å². The first kappa shape index (κ1) is 15.3. The third-order valence-corrected chi connectivity index (χ3v) is 4.26. The van der Waals surface area contributed by atoms with Crippen molar-refractivity contribution in [2.45, 2.75) is 12.8 Å². The first-order valence-corrected chi connectivity index (χ1v) is 7.93. The van der Waals surface area contributed by atoms with Crippen molar-refractivity contribution in [1.82, 2.24) is 9.88 Å². The van der Waals surface area contributed by atoms with E-state index >= 15 is 0 Å². The fourth-order valence-electron chi connectivity index (χ4n) is 2.89. The van der Waals surface area contributed by atoms with Gasteiger partial charge in [0.15, 0.2) is 0 Å². The highest BCUT2D eigenvalue weighted by Gasteiger charge is 2.21. The van der Waals surface area contributed by atoms with Gasteiger partial charge in [-0.1, -0.05) is 18.2 Å². The van der Waals surface area contributed by atoms with Gasteiger partial charge >= 0.3 is 0 Å². The molecule has 23 heavy (non-hydrogen) atoms. The number of aryl methyl sites for hydroxylation is 1. The maximum atomic E-state index is 12.3. The zero-order valence-electron chi connectivity index (χ0n) is 13.1. The number of phenolic OH excluding ortho intramolecular Hbond substituents is 1. The van der Waals surface area contributed by atoms with Gasteiger partial charge in [-0.2, -0.15) is 0 Å². The lowest BCUT2D eigenvalue weighted by Gasteiger charge is -2.36. The van der Waals surface area contributed by atoms with Crippen LogP contribution in [0, 0.1) is 0 Å². The number of hydrogen-bond donors (Lipinski definition) is 1. The molecular formula is C18H21N3O2. The summed E-state index contributed by atoms with van der Waals surface area (Å²) in [5.41, 5.74) is 1.98. The molecule has 5 heteroatoms. The van der Waals surface area contributed by atoms with Crippen LogP contribution in [0.1, 0.15) is 12.0 Å². The molecule has 1 saturated heterocycles. The molecule has 0 unspecified atom stereocenters. The average molecular weight is 311 g/mol. The van der Waals surface area contributed by atoms with E-state index in [2.05, 4.69) is 9.88 Å². The van der Waals surface area contributed by atoms with E-state index in [1.807, 2.05) is 29.2 Å². The molecule has 2 heterocycles. The molecule has 0 atom stereocenters. The average Bonchev–Trinajstić information content (AvgIpc) is 2.62. The van der Waals surface area contributed by atoms with Crippen molar-refractivity contribution in [2.24, 2.45) is 0 Å². The molecule has 1 aromatic heterocycles. The summed E-state index contributed by atoms with van der Waals surface area (Å²) < 4.78 is 0. The summed E-state index contributed by atoms with van der Waals surface area (Å²) in [6.07, 6.45) is 4.60. The van der Waals surface area contributed by atoms with E-state index in [0.717, 1.165) is 37.4 Å². The van der Waals surface area contributed by atoms with Gasteiger partial charge in [0.1, 0.15) is 5.75 Å². The van der Waals surface area contributed by atoms with Crippen LogP contribution in [-0.4, -0.2) is 47.1 Å². The first-order valence-electron chi connectivity index (χ1n) is 7.93. The Bertz CT molecular complexity index is 652. The monoisotopic (exact) mass is 311 g/mol. The standard InChI is InChI=1S/C18H21N3O2/c22-17-4-2-1-3-15(17)5-6-18(23)21-13-11-20(12-14-21)16-7-9-19-10-8-16/h1-4,7-10,22H,5-6,11-14H2. The number of amides is 1. The smallest absolute Gasteiger partial charge is 0.223 e. The van der Waals surface area contributed by atoms with Crippen molar-refractivity contribution in [3.8, 4) is 5.75 Å². The summed E-state index contributed by atoms with van der Waals surface area (Å²) in [7, 11) is 0. The summed E-state index contributed by atoms with van der Waals surface area (Å²) in [5.74, 6) is 0.422. The Kier molecular flexibility index (Phi) is 4.76. The maximum absolute atomic E-state index is 12.3. The third kappa shape index (κ3) is 3.80. The number of nitrogens with zero attached hydrogens (tertiary/aromatic N) is 3. The van der Waals surface area contributed by atoms with E-state index < -0.39 is 0 Å². The van der Waals surface area contributed by atoms with Crippen LogP contribution in [0.15, 0.2) is 48.8 Å². The largest absolute Gasteiger partial charge is 0.508 e. The molecule has 1 aromatic carbocycles. The number of phenols is 1. The number of para-hydroxylation sites is 1. The van der Waals surface area contributed by atoms with E-state index in [4.69, 9.17) is 0 Å². The van der Waals surface area contributed by atoms with E-state index in [1.54, 1.807) is 24.5 Å². The predicted octanol–water partition coefficient (Wildman–Crippen LogP) is 2.07. The van der Waals surface area contributed by atoms with Gasteiger partial charge in [0.05, 0.1) is 0 Å². The molecule has 0 spiro atoms. The van der Waals surface area contributed by atoms with E-state index in [-0.39, 0.29) is 11.7 Å². The summed E-state index contributed by atoms with van der Waals surface area (Å²) in [5, 5.41) is 9.76. The van der Waals surface area contributed by atoms with Gasteiger partial charge < -0.3 is 14.9 Å². The lowest BCUT2D eigenvalue weighted by Crippen LogP contribution is -2.48. The van der Waals surface area contributed by atoms with Gasteiger partial charge in [0.2, 0.25) is 5.91 Å². The van der Waals surface area contributed by atoms with Crippen molar-refractivity contribution in [1.29, 1.82) is 0 Å². The molecule has 120 valence electrons. The molecule has 2 aromatic rings. The molecule has 1 aliphatic rings. The highest BCUT2D eigenvalue weighted by atomic mass is 16.3. The summed E-state index contributed by atoms with van der Waals surface area (Å²) in [6.45, 7) is 3.16. The normalized spacial score (nSPS) is 14.8. The first-order chi connectivity index (χ1) is 11.2. The highest BCUT2D eigenvalue weighted by Crippen LogP contribution is 2.19. The number of anilines is 1. The van der Waals surface area contributed by atoms with Crippen molar-refractivity contribution >= 4 is 11.6 Å². The fraction of sp³-hybridized carbons (Fsp3) is 0.333. The molecule has 1 fully saturated rings. The van der Waals surface area contributed by atoms with Gasteiger partial charge in [-0.25, -0.2) is 0 Å². The number of aromatic hydroxyl groups is 1. The Morgan fingerprint density at radius 3 is 2.43 bits per heavy atom. The van der Waals surface area contributed by atoms with E-state index in [1.165, 1.54) is 0 Å². The number of carbonyl (C=O) groups excluding carboxylic acids is 1. The Balaban J connectivity index is 1.50. The van der Waals surface area contributed by atoms with Crippen molar-refractivity contribution in [3.63, 3.8) is 0 Å². The molecular weight excluding hydrogens is 290 g/mol. The van der Waals surface area contributed by atoms with E-state index in [0.29, 0.717) is 12.8 Å². The number of hydrogen-bond acceptors (Lipinski definition) is 4. The Hall–Kier alpha value is -2.56. The van der Waals surface area contributed by atoms with Crippen molar-refractivity contribution in [3.05, 3.63) is 54.4 Å². The lowest BCUT2D eigenvalue weighted by molar-refractivity contribution is -0.131. The minimum absolute atomic E-state index is 0.155. The van der Waals surface area contributed by atoms with E-state index in [9.17, 15) is 9.90 Å². The molecule has 0 saturated carbocycles. The lowest BCUT2D eigenvalue weighted by atomic mass is 10.1. The van der Waals surface area contributed by atoms with Crippen molar-refractivity contribution in [2.75, 3.05) is 31.1 Å². The molecule has 3 rings (SSSR count). The molecule has 1 N–H and O–H groups in total. The molecule has 1 amide bonds. The van der Waals surface area contributed by atoms with Crippen LogP contribution in [0.4, 0.5) is 5.69 Å². The number of rotatable bonds is 4. The molecule has 1 aliphatic heterocycles. The summed E-state index contributed by atoms with van der Waals surface area (Å²) >= 11 is 0. The summed E-state index contributed by atoms with van der Waals surface area (Å²) in [6, 6.07) is 11.2. The minimum atomic E-state index is 0.155. The van der Waals surface area contributed by atoms with Crippen LogP contribution >= 0.6 is 0 Å². The van der Waals surface area contributed by atoms with Crippen LogP contribution in [0.2, 0.25) is 0 Å². The van der Waals surface area contributed by atoms with Crippen molar-refractivity contribution < 1.29 is 9.90 Å². The Labute approximate surface area is 136 Å². The number of pyridine rings is 1. The van der Waals surface area contributed by atoms with Gasteiger partial charge in [-0.15, -0.1) is 0 Å². The Morgan fingerprint density at radius 2 is 1.74 bits per heavy atom. The van der Waals surface area contributed by atoms with Crippen LogP contribution in [0.5, 0.6) is 5.75 Å². The SMILES string of the molecule is O=C(CCc1ccccc1O)N1CCN(c2ccncc2)CC1. The third-order valence-electron chi connectivity index (χ3n) is 4.26. The molecule has 5 nitrogen and oxygen atoms in total. The second-order valence-corrected chi connectivity index (χ2v) is 5.70. The van der Waals surface area contributed by atoms with Gasteiger partial charge in [-0.05, 0) is 30.2 Å². The second kappa shape index (κ2) is 7.13. The molecule has 0 radical (unpaired) electrons. The Morgan fingerprint density at radius 1 is 1.04 bits per heavy atom.